The largest absolute Gasteiger partial charge is 0.385 e. The van der Waals surface area contributed by atoms with Crippen molar-refractivity contribution in [3.63, 3.8) is 0 Å². The SMILES string of the molecule is CCNC(CCCc1cccs1)C(C)CCOC. The number of hydrogen-bond donors (Lipinski definition) is 1. The van der Waals surface area contributed by atoms with Crippen LogP contribution in [0, 0.1) is 5.92 Å². The number of nitrogens with one attached hydrogen (secondary N) is 1. The van der Waals surface area contributed by atoms with Crippen LogP contribution in [0.4, 0.5) is 0 Å². The summed E-state index contributed by atoms with van der Waals surface area (Å²) in [6, 6.07) is 5.01. The molecular formula is C15H27NOS. The Bertz CT molecular complexity index is 287. The minimum atomic E-state index is 0.630. The van der Waals surface area contributed by atoms with Crippen molar-refractivity contribution in [2.24, 2.45) is 5.92 Å². The van der Waals surface area contributed by atoms with Crippen LogP contribution in [0.1, 0.15) is 38.0 Å². The van der Waals surface area contributed by atoms with E-state index >= 15 is 0 Å². The highest BCUT2D eigenvalue weighted by Gasteiger charge is 2.15. The van der Waals surface area contributed by atoms with E-state index in [1.165, 1.54) is 24.1 Å². The normalized spacial score (nSPS) is 14.6. The quantitative estimate of drug-likeness (QED) is 0.699. The molecule has 2 atom stereocenters. The molecular weight excluding hydrogens is 242 g/mol. The maximum Gasteiger partial charge on any atom is 0.0465 e. The van der Waals surface area contributed by atoms with Crippen LogP contribution in [0.25, 0.3) is 0 Å². The minimum absolute atomic E-state index is 0.630. The van der Waals surface area contributed by atoms with E-state index < -0.39 is 0 Å². The summed E-state index contributed by atoms with van der Waals surface area (Å²) >= 11 is 1.87. The molecule has 0 spiro atoms. The first-order valence-corrected chi connectivity index (χ1v) is 7.90. The van der Waals surface area contributed by atoms with Crippen molar-refractivity contribution >= 4 is 11.3 Å². The third-order valence-corrected chi connectivity index (χ3v) is 4.39. The Morgan fingerprint density at radius 3 is 2.83 bits per heavy atom. The fourth-order valence-corrected chi connectivity index (χ4v) is 3.06. The van der Waals surface area contributed by atoms with Crippen molar-refractivity contribution < 1.29 is 4.74 Å². The third kappa shape index (κ3) is 5.98. The summed E-state index contributed by atoms with van der Waals surface area (Å²) in [5, 5.41) is 5.78. The Kier molecular flexibility index (Phi) is 8.31. The molecule has 0 saturated carbocycles. The molecule has 1 heterocycles. The highest BCUT2D eigenvalue weighted by molar-refractivity contribution is 7.09. The lowest BCUT2D eigenvalue weighted by atomic mass is 9.94. The average Bonchev–Trinajstić information content (AvgIpc) is 2.88. The zero-order valence-electron chi connectivity index (χ0n) is 11.9. The first-order chi connectivity index (χ1) is 8.77. The molecule has 0 aliphatic carbocycles. The van der Waals surface area contributed by atoms with Gasteiger partial charge in [0.25, 0.3) is 0 Å². The lowest BCUT2D eigenvalue weighted by Gasteiger charge is -2.24. The van der Waals surface area contributed by atoms with Gasteiger partial charge in [-0.3, -0.25) is 0 Å². The van der Waals surface area contributed by atoms with E-state index in [4.69, 9.17) is 4.74 Å². The molecule has 1 aromatic rings. The Labute approximate surface area is 116 Å². The van der Waals surface area contributed by atoms with E-state index in [0.717, 1.165) is 19.6 Å². The van der Waals surface area contributed by atoms with Crippen molar-refractivity contribution in [3.8, 4) is 0 Å². The zero-order chi connectivity index (χ0) is 13.2. The summed E-state index contributed by atoms with van der Waals surface area (Å²) in [5.41, 5.74) is 0. The lowest BCUT2D eigenvalue weighted by molar-refractivity contribution is 0.168. The molecule has 0 radical (unpaired) electrons. The van der Waals surface area contributed by atoms with Gasteiger partial charge in [-0.15, -0.1) is 11.3 Å². The van der Waals surface area contributed by atoms with Crippen LogP contribution in [-0.2, 0) is 11.2 Å². The molecule has 0 aliphatic rings. The number of rotatable bonds is 10. The molecule has 3 heteroatoms. The summed E-state index contributed by atoms with van der Waals surface area (Å²) in [6.45, 7) is 6.45. The van der Waals surface area contributed by atoms with E-state index in [0.29, 0.717) is 12.0 Å². The van der Waals surface area contributed by atoms with Gasteiger partial charge in [-0.1, -0.05) is 19.9 Å². The van der Waals surface area contributed by atoms with E-state index in [9.17, 15) is 0 Å². The van der Waals surface area contributed by atoms with Crippen LogP contribution in [0.15, 0.2) is 17.5 Å². The summed E-state index contributed by atoms with van der Waals surface area (Å²) in [4.78, 5) is 1.51. The van der Waals surface area contributed by atoms with Crippen LogP contribution < -0.4 is 5.32 Å². The van der Waals surface area contributed by atoms with Gasteiger partial charge in [-0.2, -0.15) is 0 Å². The van der Waals surface area contributed by atoms with Gasteiger partial charge in [0.2, 0.25) is 0 Å². The number of ether oxygens (including phenoxy) is 1. The predicted octanol–water partition coefficient (Wildman–Crippen LogP) is 3.72. The average molecular weight is 269 g/mol. The molecule has 104 valence electrons. The Morgan fingerprint density at radius 2 is 2.22 bits per heavy atom. The highest BCUT2D eigenvalue weighted by atomic mass is 32.1. The van der Waals surface area contributed by atoms with Crippen molar-refractivity contribution in [1.82, 2.24) is 5.32 Å². The molecule has 0 saturated heterocycles. The van der Waals surface area contributed by atoms with Crippen molar-refractivity contribution in [2.75, 3.05) is 20.3 Å². The lowest BCUT2D eigenvalue weighted by Crippen LogP contribution is -2.35. The van der Waals surface area contributed by atoms with Gasteiger partial charge in [0, 0.05) is 24.6 Å². The van der Waals surface area contributed by atoms with E-state index in [-0.39, 0.29) is 0 Å². The molecule has 0 bridgehead atoms. The molecule has 0 aromatic carbocycles. The van der Waals surface area contributed by atoms with Gasteiger partial charge in [0.1, 0.15) is 0 Å². The van der Waals surface area contributed by atoms with E-state index in [2.05, 4.69) is 36.7 Å². The second-order valence-corrected chi connectivity index (χ2v) is 5.93. The number of aryl methyl sites for hydroxylation is 1. The van der Waals surface area contributed by atoms with Crippen molar-refractivity contribution in [3.05, 3.63) is 22.4 Å². The number of methoxy groups -OCH3 is 1. The van der Waals surface area contributed by atoms with Crippen LogP contribution in [0.3, 0.4) is 0 Å². The fourth-order valence-electron chi connectivity index (χ4n) is 2.31. The van der Waals surface area contributed by atoms with Crippen LogP contribution in [-0.4, -0.2) is 26.3 Å². The van der Waals surface area contributed by atoms with Gasteiger partial charge >= 0.3 is 0 Å². The van der Waals surface area contributed by atoms with Gasteiger partial charge in [0.05, 0.1) is 0 Å². The second-order valence-electron chi connectivity index (χ2n) is 4.89. The number of thiophene rings is 1. The van der Waals surface area contributed by atoms with Crippen LogP contribution in [0.2, 0.25) is 0 Å². The smallest absolute Gasteiger partial charge is 0.0465 e. The predicted molar refractivity (Wildman–Crippen MR) is 80.4 cm³/mol. The molecule has 18 heavy (non-hydrogen) atoms. The molecule has 2 unspecified atom stereocenters. The van der Waals surface area contributed by atoms with Gasteiger partial charge < -0.3 is 10.1 Å². The Hall–Kier alpha value is -0.380. The Morgan fingerprint density at radius 1 is 1.39 bits per heavy atom. The van der Waals surface area contributed by atoms with E-state index in [1.54, 1.807) is 7.11 Å². The minimum Gasteiger partial charge on any atom is -0.385 e. The van der Waals surface area contributed by atoms with Gasteiger partial charge in [-0.05, 0) is 49.6 Å². The number of hydrogen-bond acceptors (Lipinski definition) is 3. The van der Waals surface area contributed by atoms with Crippen LogP contribution in [0.5, 0.6) is 0 Å². The molecule has 0 aliphatic heterocycles. The molecule has 2 nitrogen and oxygen atoms in total. The third-order valence-electron chi connectivity index (χ3n) is 3.45. The van der Waals surface area contributed by atoms with Crippen LogP contribution >= 0.6 is 11.3 Å². The maximum atomic E-state index is 5.18. The standard InChI is InChI=1S/C15H27NOS/c1-4-16-15(13(2)10-11-17-3)9-5-7-14-8-6-12-18-14/h6,8,12-13,15-16H,4-5,7,9-11H2,1-3H3. The molecule has 0 amide bonds. The second kappa shape index (κ2) is 9.54. The first kappa shape index (κ1) is 15.7. The Balaban J connectivity index is 2.27. The summed E-state index contributed by atoms with van der Waals surface area (Å²) in [5.74, 6) is 0.688. The summed E-state index contributed by atoms with van der Waals surface area (Å²) in [7, 11) is 1.78. The summed E-state index contributed by atoms with van der Waals surface area (Å²) in [6.07, 6.45) is 4.90. The molecule has 0 fully saturated rings. The van der Waals surface area contributed by atoms with Gasteiger partial charge in [-0.25, -0.2) is 0 Å². The summed E-state index contributed by atoms with van der Waals surface area (Å²) < 4.78 is 5.18. The first-order valence-electron chi connectivity index (χ1n) is 7.02. The fraction of sp³-hybridized carbons (Fsp3) is 0.733. The van der Waals surface area contributed by atoms with Gasteiger partial charge in [0.15, 0.2) is 0 Å². The molecule has 1 rings (SSSR count). The highest BCUT2D eigenvalue weighted by Crippen LogP contribution is 2.17. The zero-order valence-corrected chi connectivity index (χ0v) is 12.8. The van der Waals surface area contributed by atoms with Crippen molar-refractivity contribution in [2.45, 2.75) is 45.6 Å². The molecule has 1 N–H and O–H groups in total. The van der Waals surface area contributed by atoms with E-state index in [1.807, 2.05) is 11.3 Å². The topological polar surface area (TPSA) is 21.3 Å². The van der Waals surface area contributed by atoms with Crippen molar-refractivity contribution in [1.29, 1.82) is 0 Å². The monoisotopic (exact) mass is 269 g/mol. The maximum absolute atomic E-state index is 5.18. The molecule has 1 aromatic heterocycles.